The Bertz CT molecular complexity index is 275. The fourth-order valence-electron chi connectivity index (χ4n) is 1.09. The van der Waals surface area contributed by atoms with Gasteiger partial charge in [-0.1, -0.05) is 31.6 Å². The zero-order chi connectivity index (χ0) is 10.4. The standard InChI is InChI=1S/C6H7F5OS/c7-13(8,9,10,11)6-4-2-1-3-5(6)12/h2,4,6H,1,3H2. The molecular formula is C6H7F5OS. The van der Waals surface area contributed by atoms with Crippen molar-refractivity contribution in [2.75, 3.05) is 0 Å². The van der Waals surface area contributed by atoms with Crippen LogP contribution >= 0.6 is 10.2 Å². The molecule has 78 valence electrons. The van der Waals surface area contributed by atoms with Crippen molar-refractivity contribution in [3.8, 4) is 0 Å². The first-order valence-electron chi connectivity index (χ1n) is 3.43. The van der Waals surface area contributed by atoms with Crippen molar-refractivity contribution in [1.82, 2.24) is 0 Å². The van der Waals surface area contributed by atoms with Gasteiger partial charge < -0.3 is 0 Å². The first-order valence-corrected chi connectivity index (χ1v) is 5.44. The van der Waals surface area contributed by atoms with Crippen LogP contribution in [0.25, 0.3) is 0 Å². The lowest BCUT2D eigenvalue weighted by molar-refractivity contribution is -0.118. The first kappa shape index (κ1) is 10.5. The number of carbonyl (C=O) groups is 1. The van der Waals surface area contributed by atoms with E-state index in [0.29, 0.717) is 0 Å². The smallest absolute Gasteiger partial charge is 0.297 e. The summed E-state index contributed by atoms with van der Waals surface area (Å²) in [5.41, 5.74) is 0. The summed E-state index contributed by atoms with van der Waals surface area (Å²) < 4.78 is 60.4. The number of rotatable bonds is 1. The summed E-state index contributed by atoms with van der Waals surface area (Å²) in [6.45, 7) is 0. The van der Waals surface area contributed by atoms with Gasteiger partial charge in [0.25, 0.3) is 10.2 Å². The van der Waals surface area contributed by atoms with Crippen molar-refractivity contribution in [3.63, 3.8) is 0 Å². The Morgan fingerprint density at radius 3 is 2.08 bits per heavy atom. The third kappa shape index (κ3) is 2.43. The van der Waals surface area contributed by atoms with Crippen LogP contribution in [0.1, 0.15) is 12.8 Å². The molecule has 0 aliphatic heterocycles. The Labute approximate surface area is 71.3 Å². The molecule has 0 fully saturated rings. The zero-order valence-corrected chi connectivity index (χ0v) is 7.17. The van der Waals surface area contributed by atoms with Gasteiger partial charge in [-0.15, -0.1) is 0 Å². The molecule has 1 aliphatic rings. The van der Waals surface area contributed by atoms with Gasteiger partial charge in [0.1, 0.15) is 0 Å². The van der Waals surface area contributed by atoms with E-state index >= 15 is 0 Å². The molecule has 0 saturated carbocycles. The summed E-state index contributed by atoms with van der Waals surface area (Å²) in [4.78, 5) is 10.6. The number of allylic oxidation sites excluding steroid dienone is 1. The monoisotopic (exact) mass is 222 g/mol. The van der Waals surface area contributed by atoms with Crippen LogP contribution in [0.15, 0.2) is 12.2 Å². The highest BCUT2D eigenvalue weighted by Gasteiger charge is 2.71. The molecule has 0 aromatic rings. The summed E-state index contributed by atoms with van der Waals surface area (Å²) in [6, 6.07) is 0. The molecule has 0 radical (unpaired) electrons. The summed E-state index contributed by atoms with van der Waals surface area (Å²) in [7, 11) is -9.65. The molecule has 1 atom stereocenters. The Balaban J connectivity index is 3.15. The summed E-state index contributed by atoms with van der Waals surface area (Å²) in [5.74, 6) is -1.44. The topological polar surface area (TPSA) is 17.1 Å². The van der Waals surface area contributed by atoms with Crippen molar-refractivity contribution >= 4 is 16.0 Å². The molecule has 0 spiro atoms. The minimum absolute atomic E-state index is 0.100. The molecule has 0 heterocycles. The molecule has 0 aromatic heterocycles. The molecule has 0 saturated heterocycles. The van der Waals surface area contributed by atoms with Gasteiger partial charge >= 0.3 is 0 Å². The van der Waals surface area contributed by atoms with Gasteiger partial charge in [-0.05, 0) is 6.42 Å². The lowest BCUT2D eigenvalue weighted by atomic mass is 10.1. The quantitative estimate of drug-likeness (QED) is 0.489. The largest absolute Gasteiger partial charge is 0.298 e. The van der Waals surface area contributed by atoms with Crippen molar-refractivity contribution in [3.05, 3.63) is 12.2 Å². The Morgan fingerprint density at radius 2 is 1.77 bits per heavy atom. The van der Waals surface area contributed by atoms with Crippen molar-refractivity contribution in [1.29, 1.82) is 0 Å². The highest BCUT2D eigenvalue weighted by atomic mass is 32.5. The maximum Gasteiger partial charge on any atom is 0.297 e. The fourth-order valence-corrected chi connectivity index (χ4v) is 2.11. The SMILES string of the molecule is O=C1CCC=CC1S(F)(F)(F)(F)F. The third-order valence-electron chi connectivity index (χ3n) is 1.67. The van der Waals surface area contributed by atoms with Crippen LogP contribution in [0.3, 0.4) is 0 Å². The lowest BCUT2D eigenvalue weighted by Gasteiger charge is -2.45. The normalized spacial score (nSPS) is 29.6. The van der Waals surface area contributed by atoms with E-state index in [-0.39, 0.29) is 12.5 Å². The molecule has 1 unspecified atom stereocenters. The van der Waals surface area contributed by atoms with Gasteiger partial charge in [0, 0.05) is 6.42 Å². The molecule has 7 heteroatoms. The lowest BCUT2D eigenvalue weighted by Crippen LogP contribution is -2.33. The predicted octanol–water partition coefficient (Wildman–Crippen LogP) is 3.57. The van der Waals surface area contributed by atoms with E-state index < -0.39 is 27.7 Å². The van der Waals surface area contributed by atoms with Crippen LogP contribution in [-0.2, 0) is 4.79 Å². The van der Waals surface area contributed by atoms with Gasteiger partial charge in [0.05, 0.1) is 0 Å². The van der Waals surface area contributed by atoms with E-state index in [1.807, 2.05) is 0 Å². The Morgan fingerprint density at radius 1 is 1.23 bits per heavy atom. The highest BCUT2D eigenvalue weighted by molar-refractivity contribution is 8.46. The Hall–Kier alpha value is -0.590. The highest BCUT2D eigenvalue weighted by Crippen LogP contribution is 3.00. The number of carbonyl (C=O) groups excluding carboxylic acids is 1. The molecule has 0 N–H and O–H groups in total. The van der Waals surface area contributed by atoms with Crippen LogP contribution in [-0.4, -0.2) is 11.0 Å². The second kappa shape index (κ2) is 2.08. The van der Waals surface area contributed by atoms with Crippen LogP contribution in [0.4, 0.5) is 19.4 Å². The molecule has 0 amide bonds. The first-order chi connectivity index (χ1) is 5.50. The number of hydrogen-bond acceptors (Lipinski definition) is 1. The van der Waals surface area contributed by atoms with E-state index in [9.17, 15) is 24.2 Å². The van der Waals surface area contributed by atoms with E-state index in [0.717, 1.165) is 6.08 Å². The van der Waals surface area contributed by atoms with Crippen molar-refractivity contribution < 1.29 is 24.2 Å². The van der Waals surface area contributed by atoms with Gasteiger partial charge in [-0.2, -0.15) is 0 Å². The molecule has 13 heavy (non-hydrogen) atoms. The Kier molecular flexibility index (Phi) is 1.67. The second-order valence-corrected chi connectivity index (χ2v) is 5.45. The summed E-state index contributed by atoms with van der Waals surface area (Å²) >= 11 is 0. The maximum atomic E-state index is 12.1. The van der Waals surface area contributed by atoms with Crippen molar-refractivity contribution in [2.45, 2.75) is 18.1 Å². The van der Waals surface area contributed by atoms with Gasteiger partial charge in [-0.3, -0.25) is 4.79 Å². The number of halogens is 5. The number of ketones is 1. The van der Waals surface area contributed by atoms with E-state index in [1.165, 1.54) is 0 Å². The van der Waals surface area contributed by atoms with Crippen LogP contribution < -0.4 is 0 Å². The zero-order valence-electron chi connectivity index (χ0n) is 6.35. The van der Waals surface area contributed by atoms with Crippen molar-refractivity contribution in [2.24, 2.45) is 0 Å². The van der Waals surface area contributed by atoms with Crippen LogP contribution in [0.5, 0.6) is 0 Å². The number of Topliss-reactive ketones (excluding diaryl/α,β-unsaturated/α-hetero) is 1. The summed E-state index contributed by atoms with van der Waals surface area (Å²) in [6.07, 6.45) is 0.854. The molecule has 0 bridgehead atoms. The average Bonchev–Trinajstić information content (AvgIpc) is 1.82. The van der Waals surface area contributed by atoms with E-state index in [1.54, 1.807) is 0 Å². The minimum atomic E-state index is -9.65. The molecule has 1 aliphatic carbocycles. The van der Waals surface area contributed by atoms with Gasteiger partial charge in [0.2, 0.25) is 0 Å². The molecule has 1 rings (SSSR count). The van der Waals surface area contributed by atoms with Crippen LogP contribution in [0.2, 0.25) is 0 Å². The minimum Gasteiger partial charge on any atom is -0.298 e. The van der Waals surface area contributed by atoms with E-state index in [4.69, 9.17) is 0 Å². The number of hydrogen-bond donors (Lipinski definition) is 0. The van der Waals surface area contributed by atoms with Gasteiger partial charge in [-0.25, -0.2) is 0 Å². The third-order valence-corrected chi connectivity index (χ3v) is 3.05. The molecule has 1 nitrogen and oxygen atoms in total. The maximum absolute atomic E-state index is 12.1. The van der Waals surface area contributed by atoms with E-state index in [2.05, 4.69) is 0 Å². The molecular weight excluding hydrogens is 215 g/mol. The molecule has 0 aromatic carbocycles. The second-order valence-electron chi connectivity index (χ2n) is 2.88. The van der Waals surface area contributed by atoms with Crippen LogP contribution in [0, 0.1) is 0 Å². The summed E-state index contributed by atoms with van der Waals surface area (Å²) in [5, 5.41) is -3.17. The van der Waals surface area contributed by atoms with Gasteiger partial charge in [0.15, 0.2) is 11.0 Å². The predicted molar refractivity (Wildman–Crippen MR) is 40.3 cm³/mol. The average molecular weight is 222 g/mol. The fraction of sp³-hybridized carbons (Fsp3) is 0.500.